The number of nitrogens with zero attached hydrogens (tertiary/aromatic N) is 3. The summed E-state index contributed by atoms with van der Waals surface area (Å²) in [4.78, 5) is 6.95. The molecule has 1 saturated heterocycles. The first-order chi connectivity index (χ1) is 12.3. The third-order valence-electron chi connectivity index (χ3n) is 4.59. The molecular weight excluding hydrogens is 310 g/mol. The molecule has 0 N–H and O–H groups in total. The number of hydrogen-bond acceptors (Lipinski definition) is 4. The monoisotopic (exact) mass is 329 g/mol. The van der Waals surface area contributed by atoms with Crippen LogP contribution in [-0.4, -0.2) is 24.7 Å². The van der Waals surface area contributed by atoms with Gasteiger partial charge in [0.15, 0.2) is 5.69 Å². The van der Waals surface area contributed by atoms with Crippen LogP contribution < -0.4 is 9.64 Å². The second kappa shape index (κ2) is 6.45. The Balaban J connectivity index is 2.04. The van der Waals surface area contributed by atoms with Crippen LogP contribution in [0.15, 0.2) is 48.5 Å². The molecule has 1 fully saturated rings. The molecule has 2 heterocycles. The number of anilines is 1. The van der Waals surface area contributed by atoms with E-state index < -0.39 is 0 Å². The van der Waals surface area contributed by atoms with Crippen molar-refractivity contribution in [2.45, 2.75) is 13.3 Å². The van der Waals surface area contributed by atoms with Crippen molar-refractivity contribution in [1.82, 2.24) is 4.98 Å². The largest absolute Gasteiger partial charge is 0.494 e. The van der Waals surface area contributed by atoms with Crippen LogP contribution in [-0.2, 0) is 0 Å². The summed E-state index contributed by atoms with van der Waals surface area (Å²) in [6.45, 7) is 4.57. The van der Waals surface area contributed by atoms with Gasteiger partial charge in [-0.05, 0) is 42.5 Å². The lowest BCUT2D eigenvalue weighted by Crippen LogP contribution is -2.37. The van der Waals surface area contributed by atoms with E-state index in [1.807, 2.05) is 49.4 Å². The summed E-state index contributed by atoms with van der Waals surface area (Å²) in [6, 6.07) is 18.4. The molecule has 3 aromatic rings. The van der Waals surface area contributed by atoms with Gasteiger partial charge in [-0.2, -0.15) is 5.26 Å². The van der Waals surface area contributed by atoms with Gasteiger partial charge in [-0.15, -0.1) is 0 Å². The highest BCUT2D eigenvalue weighted by molar-refractivity contribution is 6.04. The fourth-order valence-electron chi connectivity index (χ4n) is 3.28. The van der Waals surface area contributed by atoms with Crippen LogP contribution in [0.1, 0.15) is 19.0 Å². The molecule has 0 amide bonds. The molecule has 0 bridgehead atoms. The zero-order chi connectivity index (χ0) is 17.2. The van der Waals surface area contributed by atoms with Crippen molar-refractivity contribution >= 4 is 16.6 Å². The Morgan fingerprint density at radius 3 is 2.56 bits per heavy atom. The lowest BCUT2D eigenvalue weighted by Gasteiger charge is -2.33. The van der Waals surface area contributed by atoms with E-state index in [9.17, 15) is 5.26 Å². The average molecular weight is 329 g/mol. The van der Waals surface area contributed by atoms with Gasteiger partial charge in [0.05, 0.1) is 6.61 Å². The van der Waals surface area contributed by atoms with Gasteiger partial charge in [0.2, 0.25) is 0 Å². The Hall–Kier alpha value is -3.06. The minimum absolute atomic E-state index is 0.467. The molecule has 124 valence electrons. The van der Waals surface area contributed by atoms with Gasteiger partial charge in [-0.25, -0.2) is 4.98 Å². The Bertz CT molecular complexity index is 956. The number of benzene rings is 2. The summed E-state index contributed by atoms with van der Waals surface area (Å²) < 4.78 is 5.70. The van der Waals surface area contributed by atoms with E-state index in [4.69, 9.17) is 9.72 Å². The first-order valence-corrected chi connectivity index (χ1v) is 8.63. The summed E-state index contributed by atoms with van der Waals surface area (Å²) in [6.07, 6.45) is 1.17. The topological polar surface area (TPSA) is 49.1 Å². The number of aromatic nitrogens is 1. The van der Waals surface area contributed by atoms with Gasteiger partial charge >= 0.3 is 0 Å². The van der Waals surface area contributed by atoms with Crippen molar-refractivity contribution in [3.8, 4) is 22.9 Å². The van der Waals surface area contributed by atoms with E-state index in [0.29, 0.717) is 12.3 Å². The number of nitriles is 1. The molecule has 0 atom stereocenters. The Kier molecular flexibility index (Phi) is 3.99. The standard InChI is InChI=1S/C21H19N3O/c1-2-25-16-9-10-17-18(13-16)20(15-7-4-3-5-8-15)19(14-22)23-21(17)24-11-6-12-24/h3-5,7-10,13H,2,6,11-12H2,1H3. The van der Waals surface area contributed by atoms with Crippen molar-refractivity contribution < 1.29 is 4.74 Å². The van der Waals surface area contributed by atoms with Crippen molar-refractivity contribution in [3.05, 3.63) is 54.2 Å². The number of fused-ring (bicyclic) bond motifs is 1. The SMILES string of the molecule is CCOc1ccc2c(N3CCC3)nc(C#N)c(-c3ccccc3)c2c1. The molecule has 4 nitrogen and oxygen atoms in total. The minimum Gasteiger partial charge on any atom is -0.494 e. The van der Waals surface area contributed by atoms with Crippen LogP contribution in [0, 0.1) is 11.3 Å². The molecule has 0 unspecified atom stereocenters. The normalized spacial score (nSPS) is 13.4. The van der Waals surface area contributed by atoms with Gasteiger partial charge in [-0.3, -0.25) is 0 Å². The van der Waals surface area contributed by atoms with Crippen LogP contribution in [0.25, 0.3) is 21.9 Å². The van der Waals surface area contributed by atoms with E-state index in [0.717, 1.165) is 46.6 Å². The average Bonchev–Trinajstić information content (AvgIpc) is 2.60. The highest BCUT2D eigenvalue weighted by atomic mass is 16.5. The van der Waals surface area contributed by atoms with E-state index in [1.165, 1.54) is 6.42 Å². The minimum atomic E-state index is 0.467. The van der Waals surface area contributed by atoms with Crippen molar-refractivity contribution in [1.29, 1.82) is 5.26 Å². The summed E-state index contributed by atoms with van der Waals surface area (Å²) in [5.41, 5.74) is 2.35. The van der Waals surface area contributed by atoms with Gasteiger partial charge in [0.1, 0.15) is 17.6 Å². The summed E-state index contributed by atoms with van der Waals surface area (Å²) in [5, 5.41) is 11.8. The van der Waals surface area contributed by atoms with E-state index in [2.05, 4.69) is 17.0 Å². The predicted molar refractivity (Wildman–Crippen MR) is 99.9 cm³/mol. The van der Waals surface area contributed by atoms with Gasteiger partial charge in [-0.1, -0.05) is 30.3 Å². The fourth-order valence-corrected chi connectivity index (χ4v) is 3.28. The second-order valence-electron chi connectivity index (χ2n) is 6.12. The summed E-state index contributed by atoms with van der Waals surface area (Å²) >= 11 is 0. The van der Waals surface area contributed by atoms with Crippen molar-refractivity contribution in [2.24, 2.45) is 0 Å². The highest BCUT2D eigenvalue weighted by Crippen LogP contribution is 2.38. The molecule has 1 aromatic heterocycles. The fraction of sp³-hybridized carbons (Fsp3) is 0.238. The van der Waals surface area contributed by atoms with Crippen molar-refractivity contribution in [3.63, 3.8) is 0 Å². The third kappa shape index (κ3) is 2.68. The van der Waals surface area contributed by atoms with Gasteiger partial charge < -0.3 is 9.64 Å². The van der Waals surface area contributed by atoms with Gasteiger partial charge in [0, 0.05) is 24.0 Å². The maximum absolute atomic E-state index is 9.75. The third-order valence-corrected chi connectivity index (χ3v) is 4.59. The molecule has 0 saturated carbocycles. The van der Waals surface area contributed by atoms with E-state index in [1.54, 1.807) is 0 Å². The van der Waals surface area contributed by atoms with Crippen LogP contribution >= 0.6 is 0 Å². The predicted octanol–water partition coefficient (Wildman–Crippen LogP) is 4.38. The Morgan fingerprint density at radius 2 is 1.92 bits per heavy atom. The number of pyridine rings is 1. The van der Waals surface area contributed by atoms with E-state index >= 15 is 0 Å². The number of rotatable bonds is 4. The molecule has 4 heteroatoms. The molecule has 4 rings (SSSR count). The molecule has 1 aliphatic heterocycles. The maximum atomic E-state index is 9.75. The maximum Gasteiger partial charge on any atom is 0.151 e. The summed E-state index contributed by atoms with van der Waals surface area (Å²) in [7, 11) is 0. The Labute approximate surface area is 147 Å². The first-order valence-electron chi connectivity index (χ1n) is 8.63. The number of hydrogen-bond donors (Lipinski definition) is 0. The van der Waals surface area contributed by atoms with Crippen LogP contribution in [0.4, 0.5) is 5.82 Å². The van der Waals surface area contributed by atoms with Gasteiger partial charge in [0.25, 0.3) is 0 Å². The van der Waals surface area contributed by atoms with Crippen LogP contribution in [0.5, 0.6) is 5.75 Å². The van der Waals surface area contributed by atoms with E-state index in [-0.39, 0.29) is 0 Å². The van der Waals surface area contributed by atoms with Crippen LogP contribution in [0.2, 0.25) is 0 Å². The lowest BCUT2D eigenvalue weighted by atomic mass is 9.96. The molecule has 0 aliphatic carbocycles. The first kappa shape index (κ1) is 15.5. The molecular formula is C21H19N3O. The Morgan fingerprint density at radius 1 is 1.12 bits per heavy atom. The molecule has 0 radical (unpaired) electrons. The number of ether oxygens (including phenoxy) is 1. The summed E-state index contributed by atoms with van der Waals surface area (Å²) in [5.74, 6) is 1.72. The molecule has 25 heavy (non-hydrogen) atoms. The zero-order valence-electron chi connectivity index (χ0n) is 14.2. The molecule has 0 spiro atoms. The molecule has 2 aromatic carbocycles. The molecule has 1 aliphatic rings. The highest BCUT2D eigenvalue weighted by Gasteiger charge is 2.23. The second-order valence-corrected chi connectivity index (χ2v) is 6.12. The van der Waals surface area contributed by atoms with Crippen molar-refractivity contribution in [2.75, 3.05) is 24.6 Å². The lowest BCUT2D eigenvalue weighted by molar-refractivity contribution is 0.341. The quantitative estimate of drug-likeness (QED) is 0.712. The smallest absolute Gasteiger partial charge is 0.151 e. The van der Waals surface area contributed by atoms with Crippen LogP contribution in [0.3, 0.4) is 0 Å². The zero-order valence-corrected chi connectivity index (χ0v) is 14.2.